The van der Waals surface area contributed by atoms with Crippen LogP contribution in [0.1, 0.15) is 38.3 Å². The molecule has 1 aromatic carbocycles. The molecule has 0 aliphatic carbocycles. The van der Waals surface area contributed by atoms with Crippen LogP contribution in [0.15, 0.2) is 28.7 Å². The Morgan fingerprint density at radius 2 is 1.86 bits per heavy atom. The number of nitrogens with two attached hydrogens (primary N) is 1. The number of likely N-dealkylation sites (N-methyl/N-ethyl adjacent to an activating group) is 1. The van der Waals surface area contributed by atoms with Gasteiger partial charge in [-0.2, -0.15) is 0 Å². The lowest BCUT2D eigenvalue weighted by atomic mass is 9.96. The second-order valence-electron chi connectivity index (χ2n) is 5.91. The highest BCUT2D eigenvalue weighted by Crippen LogP contribution is 2.27. The Balaban J connectivity index is 3.01. The molecule has 120 valence electrons. The molecule has 0 fully saturated rings. The highest BCUT2D eigenvalue weighted by molar-refractivity contribution is 9.10. The minimum atomic E-state index is 0.160. The summed E-state index contributed by atoms with van der Waals surface area (Å²) in [6.45, 7) is 7.59. The second kappa shape index (κ2) is 9.57. The van der Waals surface area contributed by atoms with E-state index in [1.54, 1.807) is 0 Å². The molecule has 1 rings (SSSR count). The quantitative estimate of drug-likeness (QED) is 0.735. The van der Waals surface area contributed by atoms with Gasteiger partial charge in [-0.15, -0.1) is 0 Å². The summed E-state index contributed by atoms with van der Waals surface area (Å²) in [7, 11) is 4.25. The highest BCUT2D eigenvalue weighted by Gasteiger charge is 2.25. The molecule has 0 radical (unpaired) electrons. The normalized spacial score (nSPS) is 14.7. The van der Waals surface area contributed by atoms with Crippen LogP contribution in [0.2, 0.25) is 0 Å². The van der Waals surface area contributed by atoms with Crippen molar-refractivity contribution in [1.29, 1.82) is 0 Å². The van der Waals surface area contributed by atoms with Crippen LogP contribution < -0.4 is 5.73 Å². The molecule has 2 N–H and O–H groups in total. The number of halogens is 1. The molecule has 0 aliphatic rings. The van der Waals surface area contributed by atoms with Crippen LogP contribution in [0, 0.1) is 0 Å². The lowest BCUT2D eigenvalue weighted by Gasteiger charge is -2.36. The maximum absolute atomic E-state index is 6.47. The number of rotatable bonds is 9. The van der Waals surface area contributed by atoms with E-state index in [4.69, 9.17) is 5.73 Å². The third-order valence-corrected chi connectivity index (χ3v) is 4.30. The van der Waals surface area contributed by atoms with Gasteiger partial charge in [-0.25, -0.2) is 0 Å². The monoisotopic (exact) mass is 355 g/mol. The number of hydrogen-bond donors (Lipinski definition) is 1. The van der Waals surface area contributed by atoms with E-state index in [1.807, 2.05) is 0 Å². The van der Waals surface area contributed by atoms with Gasteiger partial charge in [0.05, 0.1) is 0 Å². The predicted molar refractivity (Wildman–Crippen MR) is 95.6 cm³/mol. The van der Waals surface area contributed by atoms with Crippen LogP contribution >= 0.6 is 15.9 Å². The Labute approximate surface area is 138 Å². The zero-order valence-electron chi connectivity index (χ0n) is 13.8. The zero-order chi connectivity index (χ0) is 15.8. The fourth-order valence-electron chi connectivity index (χ4n) is 2.65. The molecule has 0 aliphatic heterocycles. The molecule has 0 saturated heterocycles. The molecule has 21 heavy (non-hydrogen) atoms. The van der Waals surface area contributed by atoms with E-state index in [0.29, 0.717) is 0 Å². The lowest BCUT2D eigenvalue weighted by Crippen LogP contribution is -2.43. The molecule has 0 aromatic heterocycles. The van der Waals surface area contributed by atoms with Crippen molar-refractivity contribution in [1.82, 2.24) is 9.80 Å². The van der Waals surface area contributed by atoms with Crippen LogP contribution in [0.4, 0.5) is 0 Å². The van der Waals surface area contributed by atoms with Gasteiger partial charge in [-0.05, 0) is 51.2 Å². The van der Waals surface area contributed by atoms with E-state index in [1.165, 1.54) is 5.56 Å². The smallest absolute Gasteiger partial charge is 0.0500 e. The second-order valence-corrected chi connectivity index (χ2v) is 6.83. The molecule has 0 heterocycles. The van der Waals surface area contributed by atoms with Crippen LogP contribution in [0.3, 0.4) is 0 Å². The van der Waals surface area contributed by atoms with Gasteiger partial charge in [0.15, 0.2) is 0 Å². The predicted octanol–water partition coefficient (Wildman–Crippen LogP) is 3.50. The summed E-state index contributed by atoms with van der Waals surface area (Å²) in [4.78, 5) is 4.77. The van der Waals surface area contributed by atoms with Crippen molar-refractivity contribution in [3.05, 3.63) is 34.3 Å². The first-order valence-electron chi connectivity index (χ1n) is 7.89. The number of nitrogens with zero attached hydrogens (tertiary/aromatic N) is 2. The van der Waals surface area contributed by atoms with Crippen molar-refractivity contribution in [2.45, 2.75) is 38.8 Å². The first kappa shape index (κ1) is 18.6. The van der Waals surface area contributed by atoms with Crippen LogP contribution in [0.25, 0.3) is 0 Å². The molecular weight excluding hydrogens is 326 g/mol. The van der Waals surface area contributed by atoms with E-state index in [-0.39, 0.29) is 12.1 Å². The summed E-state index contributed by atoms with van der Waals surface area (Å²) in [6.07, 6.45) is 2.13. The topological polar surface area (TPSA) is 32.5 Å². The van der Waals surface area contributed by atoms with E-state index >= 15 is 0 Å². The average Bonchev–Trinajstić information content (AvgIpc) is 2.44. The van der Waals surface area contributed by atoms with Gasteiger partial charge in [0.25, 0.3) is 0 Å². The van der Waals surface area contributed by atoms with Crippen molar-refractivity contribution >= 4 is 15.9 Å². The van der Waals surface area contributed by atoms with Crippen molar-refractivity contribution in [2.75, 3.05) is 33.7 Å². The van der Waals surface area contributed by atoms with Crippen LogP contribution in [-0.4, -0.2) is 49.6 Å². The summed E-state index contributed by atoms with van der Waals surface area (Å²) in [5.41, 5.74) is 7.78. The third kappa shape index (κ3) is 6.07. The maximum Gasteiger partial charge on any atom is 0.0500 e. The number of benzene rings is 1. The molecule has 0 bridgehead atoms. The Morgan fingerprint density at radius 1 is 1.14 bits per heavy atom. The molecule has 3 nitrogen and oxygen atoms in total. The Kier molecular flexibility index (Phi) is 8.49. The van der Waals surface area contributed by atoms with Crippen molar-refractivity contribution in [2.24, 2.45) is 5.73 Å². The van der Waals surface area contributed by atoms with E-state index < -0.39 is 0 Å². The fourth-order valence-corrected chi connectivity index (χ4v) is 3.07. The van der Waals surface area contributed by atoms with E-state index in [0.717, 1.165) is 36.9 Å². The standard InChI is InChI=1S/C17H30BrN3/c1-5-10-21(12-11-20(3)4)17(16(19)6-2)14-8-7-9-15(18)13-14/h7-9,13,16-17H,5-6,10-12,19H2,1-4H3. The summed E-state index contributed by atoms with van der Waals surface area (Å²) in [6, 6.07) is 9.02. The molecule has 1 aromatic rings. The van der Waals surface area contributed by atoms with Gasteiger partial charge >= 0.3 is 0 Å². The minimum absolute atomic E-state index is 0.160. The SMILES string of the molecule is CCCN(CCN(C)C)C(c1cccc(Br)c1)C(N)CC. The average molecular weight is 356 g/mol. The third-order valence-electron chi connectivity index (χ3n) is 3.81. The van der Waals surface area contributed by atoms with Crippen molar-refractivity contribution < 1.29 is 0 Å². The molecular formula is C17H30BrN3. The lowest BCUT2D eigenvalue weighted by molar-refractivity contribution is 0.155. The van der Waals surface area contributed by atoms with Crippen molar-refractivity contribution in [3.8, 4) is 0 Å². The minimum Gasteiger partial charge on any atom is -0.326 e. The van der Waals surface area contributed by atoms with Crippen molar-refractivity contribution in [3.63, 3.8) is 0 Å². The van der Waals surface area contributed by atoms with Crippen LogP contribution in [0.5, 0.6) is 0 Å². The Morgan fingerprint density at radius 3 is 2.38 bits per heavy atom. The van der Waals surface area contributed by atoms with Gasteiger partial charge in [0.1, 0.15) is 0 Å². The fraction of sp³-hybridized carbons (Fsp3) is 0.647. The summed E-state index contributed by atoms with van der Waals surface area (Å²) >= 11 is 3.58. The first-order valence-corrected chi connectivity index (χ1v) is 8.68. The molecule has 0 amide bonds. The summed E-state index contributed by atoms with van der Waals surface area (Å²) in [5, 5.41) is 0. The Bertz CT molecular complexity index is 409. The van der Waals surface area contributed by atoms with Gasteiger partial charge in [-0.1, -0.05) is 41.9 Å². The van der Waals surface area contributed by atoms with E-state index in [9.17, 15) is 0 Å². The molecule has 2 unspecified atom stereocenters. The molecule has 2 atom stereocenters. The zero-order valence-corrected chi connectivity index (χ0v) is 15.4. The van der Waals surface area contributed by atoms with Crippen LogP contribution in [-0.2, 0) is 0 Å². The van der Waals surface area contributed by atoms with Gasteiger partial charge in [-0.3, -0.25) is 4.90 Å². The number of hydrogen-bond acceptors (Lipinski definition) is 3. The Hall–Kier alpha value is -0.420. The van der Waals surface area contributed by atoms with Gasteiger partial charge < -0.3 is 10.6 Å². The molecule has 0 saturated carbocycles. The van der Waals surface area contributed by atoms with Gasteiger partial charge in [0.2, 0.25) is 0 Å². The molecule has 4 heteroatoms. The van der Waals surface area contributed by atoms with E-state index in [2.05, 4.69) is 77.9 Å². The van der Waals surface area contributed by atoms with Gasteiger partial charge in [0, 0.05) is 29.6 Å². The first-order chi connectivity index (χ1) is 9.99. The summed E-state index contributed by atoms with van der Waals surface area (Å²) in [5.74, 6) is 0. The maximum atomic E-state index is 6.47. The summed E-state index contributed by atoms with van der Waals surface area (Å²) < 4.78 is 1.12. The largest absolute Gasteiger partial charge is 0.326 e. The highest BCUT2D eigenvalue weighted by atomic mass is 79.9. The molecule has 0 spiro atoms.